The SMILES string of the molecule is CC(C)(C)c1cc(-c2ccccc2N(c2ccccc2-c2cccc3cccc(C4CCCCC4)c23)c2cccc3c2oc2ccccc23)cc(C(C)(C)C)c1. The molecule has 1 fully saturated rings. The number of rotatable bonds is 6. The summed E-state index contributed by atoms with van der Waals surface area (Å²) in [5.41, 5.74) is 14.1. The lowest BCUT2D eigenvalue weighted by Gasteiger charge is -2.31. The zero-order chi connectivity index (χ0) is 38.6. The number of nitrogens with zero attached hydrogens (tertiary/aromatic N) is 1. The van der Waals surface area contributed by atoms with Gasteiger partial charge in [-0.1, -0.05) is 182 Å². The molecule has 0 atom stereocenters. The van der Waals surface area contributed by atoms with Gasteiger partial charge in [0.25, 0.3) is 0 Å². The van der Waals surface area contributed by atoms with Crippen molar-refractivity contribution < 1.29 is 4.42 Å². The molecule has 0 unspecified atom stereocenters. The fourth-order valence-corrected chi connectivity index (χ4v) is 9.10. The van der Waals surface area contributed by atoms with Gasteiger partial charge in [0.1, 0.15) is 5.58 Å². The third-order valence-corrected chi connectivity index (χ3v) is 12.2. The van der Waals surface area contributed by atoms with Crippen LogP contribution in [-0.4, -0.2) is 0 Å². The van der Waals surface area contributed by atoms with E-state index in [2.05, 4.69) is 192 Å². The maximum absolute atomic E-state index is 6.85. The lowest BCUT2D eigenvalue weighted by molar-refractivity contribution is 0.445. The molecule has 1 saturated carbocycles. The first-order chi connectivity index (χ1) is 27.1. The van der Waals surface area contributed by atoms with E-state index in [0.29, 0.717) is 5.92 Å². The standard InChI is InChI=1S/C54H53NO/c1-53(2,3)39-33-38(34-40(35-39)54(4,5)6)41-23-10-13-29-47(41)55(49-31-18-28-46-44-25-12-15-32-50(44)56-52(46)49)48-30-14-11-24-43(48)45-27-17-22-37-21-16-26-42(51(37)45)36-19-8-7-9-20-36/h10-18,21-36H,7-9,19-20H2,1-6H3. The molecule has 8 aromatic rings. The van der Waals surface area contributed by atoms with Crippen molar-refractivity contribution in [2.75, 3.05) is 4.90 Å². The van der Waals surface area contributed by atoms with Gasteiger partial charge < -0.3 is 9.32 Å². The quantitative estimate of drug-likeness (QED) is 0.169. The number of benzene rings is 7. The van der Waals surface area contributed by atoms with Crippen LogP contribution in [0.4, 0.5) is 17.1 Å². The molecule has 56 heavy (non-hydrogen) atoms. The molecule has 7 aromatic carbocycles. The molecule has 1 aliphatic carbocycles. The maximum atomic E-state index is 6.85. The normalized spacial score (nSPS) is 14.2. The fraction of sp³-hybridized carbons (Fsp3) is 0.259. The molecule has 1 aliphatic rings. The van der Waals surface area contributed by atoms with Crippen LogP contribution in [0.5, 0.6) is 0 Å². The Balaban J connectivity index is 1.35. The van der Waals surface area contributed by atoms with Crippen molar-refractivity contribution in [3.63, 3.8) is 0 Å². The molecule has 0 saturated heterocycles. The highest BCUT2D eigenvalue weighted by molar-refractivity contribution is 6.12. The van der Waals surface area contributed by atoms with E-state index in [1.54, 1.807) is 0 Å². The highest BCUT2D eigenvalue weighted by Gasteiger charge is 2.28. The van der Waals surface area contributed by atoms with E-state index in [0.717, 1.165) is 39.0 Å². The van der Waals surface area contributed by atoms with Gasteiger partial charge in [-0.25, -0.2) is 0 Å². The number of hydrogen-bond acceptors (Lipinski definition) is 2. The molecule has 1 aromatic heterocycles. The summed E-state index contributed by atoms with van der Waals surface area (Å²) in [6.45, 7) is 13.9. The number of anilines is 3. The van der Waals surface area contributed by atoms with E-state index < -0.39 is 0 Å². The van der Waals surface area contributed by atoms with Crippen molar-refractivity contribution >= 4 is 49.8 Å². The minimum absolute atomic E-state index is 0.0124. The third kappa shape index (κ3) is 6.49. The minimum Gasteiger partial charge on any atom is -0.454 e. The average Bonchev–Trinajstić information content (AvgIpc) is 3.60. The highest BCUT2D eigenvalue weighted by atomic mass is 16.3. The summed E-state index contributed by atoms with van der Waals surface area (Å²) in [6.07, 6.45) is 6.46. The van der Waals surface area contributed by atoms with Gasteiger partial charge in [-0.15, -0.1) is 0 Å². The lowest BCUT2D eigenvalue weighted by Crippen LogP contribution is -2.17. The Hall–Kier alpha value is -5.60. The Bertz CT molecular complexity index is 2670. The van der Waals surface area contributed by atoms with Gasteiger partial charge in [-0.3, -0.25) is 0 Å². The van der Waals surface area contributed by atoms with Crippen molar-refractivity contribution in [3.8, 4) is 22.3 Å². The largest absolute Gasteiger partial charge is 0.454 e. The molecule has 9 rings (SSSR count). The van der Waals surface area contributed by atoms with Crippen LogP contribution in [0.3, 0.4) is 0 Å². The first kappa shape index (κ1) is 36.1. The molecular formula is C54H53NO. The van der Waals surface area contributed by atoms with Gasteiger partial charge in [-0.2, -0.15) is 0 Å². The minimum atomic E-state index is -0.0124. The predicted octanol–water partition coefficient (Wildman–Crippen LogP) is 16.2. The van der Waals surface area contributed by atoms with Crippen LogP contribution in [0, 0.1) is 0 Å². The first-order valence-corrected chi connectivity index (χ1v) is 20.6. The monoisotopic (exact) mass is 731 g/mol. The molecular weight excluding hydrogens is 679 g/mol. The zero-order valence-electron chi connectivity index (χ0n) is 33.8. The summed E-state index contributed by atoms with van der Waals surface area (Å²) >= 11 is 0. The van der Waals surface area contributed by atoms with Crippen LogP contribution in [0.2, 0.25) is 0 Å². The smallest absolute Gasteiger partial charge is 0.159 e. The summed E-state index contributed by atoms with van der Waals surface area (Å²) in [4.78, 5) is 2.48. The summed E-state index contributed by atoms with van der Waals surface area (Å²) in [5, 5.41) is 4.94. The molecule has 0 radical (unpaired) electrons. The predicted molar refractivity (Wildman–Crippen MR) is 240 cm³/mol. The van der Waals surface area contributed by atoms with Crippen LogP contribution >= 0.6 is 0 Å². The van der Waals surface area contributed by atoms with Crippen molar-refractivity contribution in [1.29, 1.82) is 0 Å². The summed E-state index contributed by atoms with van der Waals surface area (Å²) < 4.78 is 6.85. The molecule has 0 bridgehead atoms. The van der Waals surface area contributed by atoms with Crippen LogP contribution in [0.15, 0.2) is 150 Å². The first-order valence-electron chi connectivity index (χ1n) is 20.6. The molecule has 0 N–H and O–H groups in total. The second kappa shape index (κ2) is 14.2. The van der Waals surface area contributed by atoms with E-state index in [1.807, 2.05) is 0 Å². The fourth-order valence-electron chi connectivity index (χ4n) is 9.10. The number of furan rings is 1. The molecule has 280 valence electrons. The van der Waals surface area contributed by atoms with E-state index in [-0.39, 0.29) is 10.8 Å². The van der Waals surface area contributed by atoms with Crippen molar-refractivity contribution in [2.45, 2.75) is 90.4 Å². The van der Waals surface area contributed by atoms with Crippen LogP contribution in [0.25, 0.3) is 55.0 Å². The zero-order valence-corrected chi connectivity index (χ0v) is 33.8. The van der Waals surface area contributed by atoms with Gasteiger partial charge in [0.05, 0.1) is 17.1 Å². The Labute approximate surface area is 332 Å². The summed E-state index contributed by atoms with van der Waals surface area (Å²) in [7, 11) is 0. The molecule has 0 spiro atoms. The number of para-hydroxylation sites is 4. The summed E-state index contributed by atoms with van der Waals surface area (Å²) in [6, 6.07) is 54.2. The average molecular weight is 732 g/mol. The second-order valence-corrected chi connectivity index (χ2v) is 18.0. The van der Waals surface area contributed by atoms with Crippen LogP contribution < -0.4 is 4.90 Å². The second-order valence-electron chi connectivity index (χ2n) is 18.0. The van der Waals surface area contributed by atoms with Crippen molar-refractivity contribution in [2.24, 2.45) is 0 Å². The number of fused-ring (bicyclic) bond motifs is 4. The van der Waals surface area contributed by atoms with Gasteiger partial charge in [0, 0.05) is 21.9 Å². The van der Waals surface area contributed by atoms with Gasteiger partial charge in [0.2, 0.25) is 0 Å². The third-order valence-electron chi connectivity index (χ3n) is 12.2. The van der Waals surface area contributed by atoms with Crippen molar-refractivity contribution in [3.05, 3.63) is 162 Å². The van der Waals surface area contributed by atoms with Gasteiger partial charge in [-0.05, 0) is 92.4 Å². The Morgan fingerprint density at radius 3 is 1.77 bits per heavy atom. The van der Waals surface area contributed by atoms with E-state index in [4.69, 9.17) is 4.42 Å². The van der Waals surface area contributed by atoms with E-state index in [9.17, 15) is 0 Å². The number of hydrogen-bond donors (Lipinski definition) is 0. The molecule has 0 amide bonds. The van der Waals surface area contributed by atoms with Gasteiger partial charge >= 0.3 is 0 Å². The Morgan fingerprint density at radius 1 is 0.500 bits per heavy atom. The topological polar surface area (TPSA) is 16.4 Å². The maximum Gasteiger partial charge on any atom is 0.159 e. The summed E-state index contributed by atoms with van der Waals surface area (Å²) in [5.74, 6) is 0.578. The Morgan fingerprint density at radius 2 is 1.05 bits per heavy atom. The molecule has 2 heteroatoms. The van der Waals surface area contributed by atoms with Crippen LogP contribution in [-0.2, 0) is 10.8 Å². The lowest BCUT2D eigenvalue weighted by atomic mass is 9.78. The highest BCUT2D eigenvalue weighted by Crippen LogP contribution is 2.50. The van der Waals surface area contributed by atoms with E-state index >= 15 is 0 Å². The van der Waals surface area contributed by atoms with Crippen molar-refractivity contribution in [1.82, 2.24) is 0 Å². The molecule has 0 aliphatic heterocycles. The van der Waals surface area contributed by atoms with E-state index in [1.165, 1.54) is 81.8 Å². The Kier molecular flexibility index (Phi) is 9.12. The molecule has 2 nitrogen and oxygen atoms in total. The van der Waals surface area contributed by atoms with Crippen LogP contribution in [0.1, 0.15) is 96.3 Å². The van der Waals surface area contributed by atoms with Gasteiger partial charge in [0.15, 0.2) is 5.58 Å². The molecule has 1 heterocycles.